The van der Waals surface area contributed by atoms with Crippen molar-refractivity contribution >= 4 is 27.7 Å². The molecule has 1 saturated carbocycles. The summed E-state index contributed by atoms with van der Waals surface area (Å²) >= 11 is 3.42. The predicted octanol–water partition coefficient (Wildman–Crippen LogP) is 2.93. The minimum atomic E-state index is -0.866. The first-order valence-corrected chi connectivity index (χ1v) is 7.83. The van der Waals surface area contributed by atoms with E-state index in [9.17, 15) is 4.79 Å². The van der Waals surface area contributed by atoms with Gasteiger partial charge in [0.25, 0.3) is 0 Å². The van der Waals surface area contributed by atoms with Crippen molar-refractivity contribution in [1.82, 2.24) is 5.32 Å². The third-order valence-corrected chi connectivity index (χ3v) is 4.68. The van der Waals surface area contributed by atoms with Crippen molar-refractivity contribution in [3.05, 3.63) is 34.3 Å². The Morgan fingerprint density at radius 2 is 2.14 bits per heavy atom. The topological polar surface area (TPSA) is 87.7 Å². The molecular formula is C15H20BrN3O2. The standard InChI is InChI=1S/C15H20BrN3O2/c1-10(11-5-4-6-12(16)9-11)18-14(20)15(13(17)19-21)7-2-3-8-15/h4-6,9-10,21H,2-3,7-8H2,1H3,(H2,17,19)(H,18,20). The van der Waals surface area contributed by atoms with Crippen molar-refractivity contribution < 1.29 is 10.0 Å². The number of amides is 1. The Hall–Kier alpha value is -1.56. The molecule has 1 fully saturated rings. The fourth-order valence-corrected chi connectivity index (χ4v) is 3.28. The maximum atomic E-state index is 12.6. The molecule has 0 bridgehead atoms. The van der Waals surface area contributed by atoms with Crippen LogP contribution in [0.4, 0.5) is 0 Å². The molecule has 1 amide bonds. The lowest BCUT2D eigenvalue weighted by Gasteiger charge is -2.28. The van der Waals surface area contributed by atoms with Gasteiger partial charge in [-0.1, -0.05) is 46.1 Å². The number of benzene rings is 1. The van der Waals surface area contributed by atoms with Crippen molar-refractivity contribution in [2.24, 2.45) is 16.3 Å². The molecule has 0 aromatic heterocycles. The predicted molar refractivity (Wildman–Crippen MR) is 85.0 cm³/mol. The van der Waals surface area contributed by atoms with Crippen LogP contribution in [0, 0.1) is 5.41 Å². The summed E-state index contributed by atoms with van der Waals surface area (Å²) in [6.45, 7) is 1.93. The Morgan fingerprint density at radius 3 is 2.71 bits per heavy atom. The molecule has 0 spiro atoms. The van der Waals surface area contributed by atoms with Gasteiger partial charge < -0.3 is 16.3 Å². The quantitative estimate of drug-likeness (QED) is 0.336. The number of hydrogen-bond donors (Lipinski definition) is 3. The third kappa shape index (κ3) is 3.20. The van der Waals surface area contributed by atoms with Crippen LogP contribution < -0.4 is 11.1 Å². The van der Waals surface area contributed by atoms with E-state index >= 15 is 0 Å². The van der Waals surface area contributed by atoms with E-state index in [1.807, 2.05) is 31.2 Å². The average Bonchev–Trinajstić information content (AvgIpc) is 2.97. The monoisotopic (exact) mass is 353 g/mol. The van der Waals surface area contributed by atoms with Gasteiger partial charge in [0.05, 0.1) is 6.04 Å². The molecule has 1 unspecified atom stereocenters. The molecule has 0 radical (unpaired) electrons. The SMILES string of the molecule is CC(NC(=O)C1(C(N)=NO)CCCC1)c1cccc(Br)c1. The second-order valence-corrected chi connectivity index (χ2v) is 6.44. The molecule has 1 aliphatic rings. The van der Waals surface area contributed by atoms with Crippen LogP contribution in [-0.2, 0) is 4.79 Å². The average molecular weight is 354 g/mol. The number of nitrogens with one attached hydrogen (secondary N) is 1. The molecule has 4 N–H and O–H groups in total. The van der Waals surface area contributed by atoms with Crippen LogP contribution in [0.1, 0.15) is 44.2 Å². The minimum Gasteiger partial charge on any atom is -0.409 e. The number of carbonyl (C=O) groups is 1. The number of hydrogen-bond acceptors (Lipinski definition) is 3. The molecule has 1 aromatic rings. The van der Waals surface area contributed by atoms with E-state index in [2.05, 4.69) is 26.4 Å². The number of halogens is 1. The van der Waals surface area contributed by atoms with Gasteiger partial charge in [0, 0.05) is 4.47 Å². The normalized spacial score (nSPS) is 19.2. The van der Waals surface area contributed by atoms with Gasteiger partial charge in [-0.05, 0) is 37.5 Å². The maximum Gasteiger partial charge on any atom is 0.234 e. The summed E-state index contributed by atoms with van der Waals surface area (Å²) in [5.74, 6) is -0.151. The lowest BCUT2D eigenvalue weighted by Crippen LogP contribution is -2.48. The summed E-state index contributed by atoms with van der Waals surface area (Å²) in [7, 11) is 0. The zero-order chi connectivity index (χ0) is 15.5. The first kappa shape index (κ1) is 15.8. The second-order valence-electron chi connectivity index (χ2n) is 5.52. The number of nitrogens with zero attached hydrogens (tertiary/aromatic N) is 1. The first-order valence-electron chi connectivity index (χ1n) is 7.04. The summed E-state index contributed by atoms with van der Waals surface area (Å²) in [5, 5.41) is 15.0. The van der Waals surface area contributed by atoms with Gasteiger partial charge in [0.2, 0.25) is 5.91 Å². The fourth-order valence-electron chi connectivity index (χ4n) is 2.87. The highest BCUT2D eigenvalue weighted by molar-refractivity contribution is 9.10. The Balaban J connectivity index is 2.16. The van der Waals surface area contributed by atoms with Gasteiger partial charge in [-0.15, -0.1) is 0 Å². The molecule has 1 aliphatic carbocycles. The Labute approximate surface area is 132 Å². The number of nitrogens with two attached hydrogens (primary N) is 1. The zero-order valence-corrected chi connectivity index (χ0v) is 13.6. The summed E-state index contributed by atoms with van der Waals surface area (Å²) in [6.07, 6.45) is 3.07. The van der Waals surface area contributed by atoms with Gasteiger partial charge in [-0.25, -0.2) is 0 Å². The highest BCUT2D eigenvalue weighted by Gasteiger charge is 2.45. The molecule has 1 aromatic carbocycles. The third-order valence-electron chi connectivity index (χ3n) is 4.19. The van der Waals surface area contributed by atoms with Crippen molar-refractivity contribution in [2.45, 2.75) is 38.6 Å². The molecule has 21 heavy (non-hydrogen) atoms. The first-order chi connectivity index (χ1) is 9.99. The van der Waals surface area contributed by atoms with Crippen LogP contribution in [0.3, 0.4) is 0 Å². The molecular weight excluding hydrogens is 334 g/mol. The van der Waals surface area contributed by atoms with Crippen molar-refractivity contribution in [3.8, 4) is 0 Å². The lowest BCUT2D eigenvalue weighted by atomic mass is 9.83. The van der Waals surface area contributed by atoms with E-state index in [4.69, 9.17) is 10.9 Å². The Kier molecular flexibility index (Phi) is 4.88. The summed E-state index contributed by atoms with van der Waals surface area (Å²) in [4.78, 5) is 12.6. The van der Waals surface area contributed by atoms with Crippen LogP contribution in [0.25, 0.3) is 0 Å². The molecule has 2 rings (SSSR count). The summed E-state index contributed by atoms with van der Waals surface area (Å²) in [6, 6.07) is 7.65. The molecule has 1 atom stereocenters. The van der Waals surface area contributed by atoms with Gasteiger partial charge in [0.1, 0.15) is 5.41 Å². The van der Waals surface area contributed by atoms with Gasteiger partial charge in [-0.3, -0.25) is 4.79 Å². The molecule has 0 saturated heterocycles. The van der Waals surface area contributed by atoms with Crippen molar-refractivity contribution in [3.63, 3.8) is 0 Å². The molecule has 114 valence electrons. The number of amidine groups is 1. The van der Waals surface area contributed by atoms with Gasteiger partial charge in [0.15, 0.2) is 5.84 Å². The van der Waals surface area contributed by atoms with E-state index in [1.54, 1.807) is 0 Å². The van der Waals surface area contributed by atoms with Crippen LogP contribution in [0.15, 0.2) is 33.9 Å². The zero-order valence-electron chi connectivity index (χ0n) is 12.0. The lowest BCUT2D eigenvalue weighted by molar-refractivity contribution is -0.128. The molecule has 5 nitrogen and oxygen atoms in total. The van der Waals surface area contributed by atoms with Crippen molar-refractivity contribution in [1.29, 1.82) is 0 Å². The van der Waals surface area contributed by atoms with Gasteiger partial charge in [-0.2, -0.15) is 0 Å². The van der Waals surface area contributed by atoms with Crippen molar-refractivity contribution in [2.75, 3.05) is 0 Å². The maximum absolute atomic E-state index is 12.6. The summed E-state index contributed by atoms with van der Waals surface area (Å²) < 4.78 is 0.966. The van der Waals surface area contributed by atoms with Crippen LogP contribution >= 0.6 is 15.9 Å². The molecule has 0 aliphatic heterocycles. The largest absolute Gasteiger partial charge is 0.409 e. The van der Waals surface area contributed by atoms with E-state index < -0.39 is 5.41 Å². The van der Waals surface area contributed by atoms with Crippen LogP contribution in [0.5, 0.6) is 0 Å². The Bertz CT molecular complexity index is 554. The van der Waals surface area contributed by atoms with E-state index in [1.165, 1.54) is 0 Å². The Morgan fingerprint density at radius 1 is 1.48 bits per heavy atom. The van der Waals surface area contributed by atoms with Gasteiger partial charge >= 0.3 is 0 Å². The number of rotatable bonds is 4. The second kappa shape index (κ2) is 6.47. The highest BCUT2D eigenvalue weighted by Crippen LogP contribution is 2.39. The molecule has 0 heterocycles. The van der Waals surface area contributed by atoms with E-state index in [0.717, 1.165) is 22.9 Å². The summed E-state index contributed by atoms with van der Waals surface area (Å²) in [5.41, 5.74) is 5.92. The number of carbonyl (C=O) groups excluding carboxylic acids is 1. The minimum absolute atomic E-state index is 0.0129. The van der Waals surface area contributed by atoms with E-state index in [0.29, 0.717) is 12.8 Å². The molecule has 6 heteroatoms. The fraction of sp³-hybridized carbons (Fsp3) is 0.467. The van der Waals surface area contributed by atoms with Crippen LogP contribution in [-0.4, -0.2) is 17.0 Å². The van der Waals surface area contributed by atoms with E-state index in [-0.39, 0.29) is 17.8 Å². The smallest absolute Gasteiger partial charge is 0.234 e. The highest BCUT2D eigenvalue weighted by atomic mass is 79.9. The van der Waals surface area contributed by atoms with Crippen LogP contribution in [0.2, 0.25) is 0 Å². The number of oxime groups is 1.